The van der Waals surface area contributed by atoms with Crippen LogP contribution in [0, 0.1) is 0 Å². The van der Waals surface area contributed by atoms with Crippen molar-refractivity contribution < 1.29 is 18.0 Å². The molecule has 0 aromatic heterocycles. The number of likely N-dealkylation sites (tertiary alicyclic amines) is 1. The van der Waals surface area contributed by atoms with Gasteiger partial charge in [0.15, 0.2) is 0 Å². The topological polar surface area (TPSA) is 20.3 Å². The molecular weight excluding hydrogens is 286 g/mol. The van der Waals surface area contributed by atoms with Crippen LogP contribution in [0.25, 0.3) is 0 Å². The summed E-state index contributed by atoms with van der Waals surface area (Å²) in [5.74, 6) is -1.71. The van der Waals surface area contributed by atoms with E-state index in [2.05, 4.69) is 0 Å². The molecule has 1 fully saturated rings. The summed E-state index contributed by atoms with van der Waals surface area (Å²) in [6.07, 6.45) is -3.40. The first-order valence-corrected chi connectivity index (χ1v) is 4.69. The molecule has 1 unspecified atom stereocenters. The van der Waals surface area contributed by atoms with Gasteiger partial charge < -0.3 is 4.90 Å². The number of amides is 1. The predicted molar refractivity (Wildman–Crippen MR) is 44.8 cm³/mol. The van der Waals surface area contributed by atoms with Gasteiger partial charge in [0.1, 0.15) is 0 Å². The standard InChI is InChI=1S/C6H7F3INO/c7-6(8,9)5(12)11-3-1-2-4(11)10/h4H,1-3H2. The fourth-order valence-electron chi connectivity index (χ4n) is 1.12. The highest BCUT2D eigenvalue weighted by molar-refractivity contribution is 14.1. The lowest BCUT2D eigenvalue weighted by molar-refractivity contribution is -0.184. The average molecular weight is 293 g/mol. The molecular formula is C6H7F3INO. The molecule has 0 aromatic rings. The van der Waals surface area contributed by atoms with Gasteiger partial charge in [-0.2, -0.15) is 13.2 Å². The molecule has 0 saturated carbocycles. The first kappa shape index (κ1) is 10.1. The normalized spacial score (nSPS) is 24.7. The van der Waals surface area contributed by atoms with Crippen LogP contribution < -0.4 is 0 Å². The van der Waals surface area contributed by atoms with Gasteiger partial charge in [0.05, 0.1) is 4.05 Å². The van der Waals surface area contributed by atoms with E-state index in [1.54, 1.807) is 0 Å². The molecule has 1 amide bonds. The van der Waals surface area contributed by atoms with Gasteiger partial charge in [-0.3, -0.25) is 4.79 Å². The Morgan fingerprint density at radius 1 is 1.50 bits per heavy atom. The number of carbonyl (C=O) groups is 1. The number of halogens is 4. The summed E-state index contributed by atoms with van der Waals surface area (Å²) >= 11 is 1.85. The smallest absolute Gasteiger partial charge is 0.323 e. The Balaban J connectivity index is 2.64. The van der Waals surface area contributed by atoms with Gasteiger partial charge in [-0.25, -0.2) is 0 Å². The van der Waals surface area contributed by atoms with E-state index in [0.717, 1.165) is 4.90 Å². The van der Waals surface area contributed by atoms with E-state index >= 15 is 0 Å². The molecule has 12 heavy (non-hydrogen) atoms. The molecule has 6 heteroatoms. The lowest BCUT2D eigenvalue weighted by Gasteiger charge is -2.20. The van der Waals surface area contributed by atoms with E-state index < -0.39 is 12.1 Å². The Morgan fingerprint density at radius 3 is 2.42 bits per heavy atom. The zero-order chi connectivity index (χ0) is 9.35. The van der Waals surface area contributed by atoms with Crippen LogP contribution >= 0.6 is 22.6 Å². The molecule has 1 saturated heterocycles. The second kappa shape index (κ2) is 3.39. The summed E-state index contributed by atoms with van der Waals surface area (Å²) in [4.78, 5) is 11.5. The molecule has 1 aliphatic heterocycles. The number of carbonyl (C=O) groups excluding carboxylic acids is 1. The summed E-state index contributed by atoms with van der Waals surface area (Å²) in [5.41, 5.74) is 0. The average Bonchev–Trinajstić information content (AvgIpc) is 2.31. The summed E-state index contributed by atoms with van der Waals surface area (Å²) in [5, 5.41) is 0. The summed E-state index contributed by atoms with van der Waals surface area (Å²) < 4.78 is 35.3. The minimum absolute atomic E-state index is 0.228. The quantitative estimate of drug-likeness (QED) is 0.380. The third-order valence-electron chi connectivity index (χ3n) is 1.68. The van der Waals surface area contributed by atoms with E-state index in [9.17, 15) is 18.0 Å². The van der Waals surface area contributed by atoms with E-state index in [1.165, 1.54) is 0 Å². The third kappa shape index (κ3) is 2.02. The fraction of sp³-hybridized carbons (Fsp3) is 0.833. The maximum Gasteiger partial charge on any atom is 0.471 e. The first-order valence-electron chi connectivity index (χ1n) is 3.45. The van der Waals surface area contributed by atoms with E-state index in [4.69, 9.17) is 0 Å². The zero-order valence-electron chi connectivity index (χ0n) is 6.07. The van der Waals surface area contributed by atoms with Gasteiger partial charge >= 0.3 is 12.1 Å². The van der Waals surface area contributed by atoms with Crippen molar-refractivity contribution in [3.05, 3.63) is 0 Å². The maximum absolute atomic E-state index is 11.9. The summed E-state index contributed by atoms with van der Waals surface area (Å²) in [6.45, 7) is 0.228. The molecule has 1 aliphatic rings. The fourth-order valence-corrected chi connectivity index (χ4v) is 2.09. The van der Waals surface area contributed by atoms with Crippen LogP contribution in [0.15, 0.2) is 0 Å². The highest BCUT2D eigenvalue weighted by atomic mass is 127. The highest BCUT2D eigenvalue weighted by Gasteiger charge is 2.45. The second-order valence-corrected chi connectivity index (χ2v) is 4.01. The minimum Gasteiger partial charge on any atom is -0.323 e. The van der Waals surface area contributed by atoms with Crippen LogP contribution in [0.2, 0.25) is 0 Å². The van der Waals surface area contributed by atoms with Crippen LogP contribution in [0.4, 0.5) is 13.2 Å². The molecule has 2 nitrogen and oxygen atoms in total. The van der Waals surface area contributed by atoms with Crippen LogP contribution in [0.3, 0.4) is 0 Å². The largest absolute Gasteiger partial charge is 0.471 e. The monoisotopic (exact) mass is 293 g/mol. The van der Waals surface area contributed by atoms with Crippen molar-refractivity contribution in [1.29, 1.82) is 0 Å². The summed E-state index contributed by atoms with van der Waals surface area (Å²) in [6, 6.07) is 0. The Bertz CT molecular complexity index is 194. The molecule has 0 spiro atoms. The van der Waals surface area contributed by atoms with Crippen LogP contribution in [-0.2, 0) is 4.79 Å². The van der Waals surface area contributed by atoms with Crippen molar-refractivity contribution in [2.24, 2.45) is 0 Å². The van der Waals surface area contributed by atoms with Crippen LogP contribution in [0.1, 0.15) is 12.8 Å². The number of hydrogen-bond acceptors (Lipinski definition) is 1. The summed E-state index contributed by atoms with van der Waals surface area (Å²) in [7, 11) is 0. The van der Waals surface area contributed by atoms with Crippen molar-refractivity contribution in [2.45, 2.75) is 23.1 Å². The van der Waals surface area contributed by atoms with Crippen molar-refractivity contribution in [1.82, 2.24) is 4.90 Å². The minimum atomic E-state index is -4.71. The van der Waals surface area contributed by atoms with Crippen molar-refractivity contribution in [2.75, 3.05) is 6.54 Å². The SMILES string of the molecule is O=C(N1CCCC1I)C(F)(F)F. The molecule has 1 rings (SSSR count). The molecule has 0 N–H and O–H groups in total. The second-order valence-electron chi connectivity index (χ2n) is 2.57. The lowest BCUT2D eigenvalue weighted by atomic mass is 10.4. The van der Waals surface area contributed by atoms with Gasteiger partial charge in [-0.15, -0.1) is 0 Å². The number of alkyl halides is 4. The Hall–Kier alpha value is -0.0100. The van der Waals surface area contributed by atoms with Crippen LogP contribution in [0.5, 0.6) is 0 Å². The predicted octanol–water partition coefficient (Wildman–Crippen LogP) is 1.93. The van der Waals surface area contributed by atoms with Gasteiger partial charge in [0, 0.05) is 6.54 Å². The zero-order valence-corrected chi connectivity index (χ0v) is 8.22. The van der Waals surface area contributed by atoms with Gasteiger partial charge in [-0.1, -0.05) is 22.6 Å². The van der Waals surface area contributed by atoms with E-state index in [-0.39, 0.29) is 10.6 Å². The van der Waals surface area contributed by atoms with Gasteiger partial charge in [0.25, 0.3) is 0 Å². The number of hydrogen-bond donors (Lipinski definition) is 0. The molecule has 0 radical (unpaired) electrons. The van der Waals surface area contributed by atoms with Crippen LogP contribution in [-0.4, -0.2) is 27.6 Å². The molecule has 0 aromatic carbocycles. The maximum atomic E-state index is 11.9. The third-order valence-corrected chi connectivity index (χ3v) is 2.98. The van der Waals surface area contributed by atoms with Crippen molar-refractivity contribution >= 4 is 28.5 Å². The highest BCUT2D eigenvalue weighted by Crippen LogP contribution is 2.28. The Labute approximate surface area is 81.2 Å². The molecule has 70 valence electrons. The Morgan fingerprint density at radius 2 is 2.08 bits per heavy atom. The van der Waals surface area contributed by atoms with Gasteiger partial charge in [0.2, 0.25) is 0 Å². The molecule has 0 aliphatic carbocycles. The van der Waals surface area contributed by atoms with Crippen molar-refractivity contribution in [3.63, 3.8) is 0 Å². The molecule has 1 atom stereocenters. The van der Waals surface area contributed by atoms with E-state index in [1.807, 2.05) is 22.6 Å². The number of nitrogens with zero attached hydrogens (tertiary/aromatic N) is 1. The molecule has 1 heterocycles. The van der Waals surface area contributed by atoms with Gasteiger partial charge in [-0.05, 0) is 12.8 Å². The lowest BCUT2D eigenvalue weighted by Crippen LogP contribution is -2.41. The van der Waals surface area contributed by atoms with E-state index in [0.29, 0.717) is 12.8 Å². The number of rotatable bonds is 0. The first-order chi connectivity index (χ1) is 5.43. The molecule has 0 bridgehead atoms. The Kier molecular flexibility index (Phi) is 2.84. The van der Waals surface area contributed by atoms with Crippen molar-refractivity contribution in [3.8, 4) is 0 Å².